The Morgan fingerprint density at radius 3 is 3.13 bits per heavy atom. The summed E-state index contributed by atoms with van der Waals surface area (Å²) in [5.74, 6) is 0.701. The van der Waals surface area contributed by atoms with Gasteiger partial charge in [-0.2, -0.15) is 0 Å². The van der Waals surface area contributed by atoms with Gasteiger partial charge in [0.05, 0.1) is 6.10 Å². The molecule has 1 aliphatic heterocycles. The Labute approximate surface area is 87.8 Å². The summed E-state index contributed by atoms with van der Waals surface area (Å²) in [6.07, 6.45) is 3.69. The van der Waals surface area contributed by atoms with Crippen LogP contribution in [-0.4, -0.2) is 34.3 Å². The van der Waals surface area contributed by atoms with Crippen LogP contribution < -0.4 is 10.5 Å². The van der Waals surface area contributed by atoms with Crippen LogP contribution >= 0.6 is 0 Å². The average Bonchev–Trinajstić information content (AvgIpc) is 2.67. The van der Waals surface area contributed by atoms with E-state index in [-0.39, 0.29) is 17.6 Å². The van der Waals surface area contributed by atoms with Crippen LogP contribution in [0.25, 0.3) is 0 Å². The van der Waals surface area contributed by atoms with Crippen LogP contribution in [-0.2, 0) is 0 Å². The molecule has 15 heavy (non-hydrogen) atoms. The highest BCUT2D eigenvalue weighted by molar-refractivity contribution is 5.36. The second kappa shape index (κ2) is 4.02. The van der Waals surface area contributed by atoms with E-state index in [1.54, 1.807) is 13.1 Å². The molecule has 0 saturated carbocycles. The number of aliphatic hydroxyl groups excluding tert-OH is 1. The molecule has 1 aliphatic rings. The molecule has 82 valence electrons. The number of anilines is 1. The van der Waals surface area contributed by atoms with Crippen molar-refractivity contribution in [2.24, 2.45) is 5.92 Å². The van der Waals surface area contributed by atoms with Crippen molar-refractivity contribution in [2.45, 2.75) is 19.4 Å². The number of hydrogen-bond donors (Lipinski definition) is 2. The van der Waals surface area contributed by atoms with Gasteiger partial charge in [0.1, 0.15) is 0 Å². The summed E-state index contributed by atoms with van der Waals surface area (Å²) in [6, 6.07) is 0. The lowest BCUT2D eigenvalue weighted by atomic mass is 10.0. The molecule has 5 heteroatoms. The zero-order valence-electron chi connectivity index (χ0n) is 8.68. The maximum Gasteiger partial charge on any atom is 0.290 e. The first kappa shape index (κ1) is 10.2. The summed E-state index contributed by atoms with van der Waals surface area (Å²) in [6.45, 7) is 3.28. The summed E-state index contributed by atoms with van der Waals surface area (Å²) in [5, 5.41) is 9.45. The van der Waals surface area contributed by atoms with E-state index in [0.29, 0.717) is 12.4 Å². The molecule has 1 aromatic heterocycles. The summed E-state index contributed by atoms with van der Waals surface area (Å²) in [7, 11) is 0. The second-order valence-corrected chi connectivity index (χ2v) is 3.98. The van der Waals surface area contributed by atoms with Gasteiger partial charge >= 0.3 is 0 Å². The van der Waals surface area contributed by atoms with Crippen molar-refractivity contribution in [3.8, 4) is 0 Å². The Hall–Kier alpha value is -1.36. The summed E-state index contributed by atoms with van der Waals surface area (Å²) in [5.41, 5.74) is -0.163. The Morgan fingerprint density at radius 1 is 1.73 bits per heavy atom. The van der Waals surface area contributed by atoms with E-state index in [4.69, 9.17) is 0 Å². The highest BCUT2D eigenvalue weighted by Gasteiger charge is 2.27. The molecule has 1 aromatic rings. The minimum absolute atomic E-state index is 0.163. The number of nitrogens with zero attached hydrogens (tertiary/aromatic N) is 2. The maximum absolute atomic E-state index is 11.5. The van der Waals surface area contributed by atoms with E-state index in [1.807, 2.05) is 4.90 Å². The first-order chi connectivity index (χ1) is 7.18. The molecule has 5 nitrogen and oxygen atoms in total. The molecule has 2 atom stereocenters. The molecule has 1 saturated heterocycles. The van der Waals surface area contributed by atoms with Gasteiger partial charge in [-0.1, -0.05) is 0 Å². The zero-order valence-corrected chi connectivity index (χ0v) is 8.68. The third-order valence-corrected chi connectivity index (χ3v) is 2.90. The maximum atomic E-state index is 11.5. The highest BCUT2D eigenvalue weighted by atomic mass is 16.3. The Morgan fingerprint density at radius 2 is 2.53 bits per heavy atom. The topological polar surface area (TPSA) is 69.2 Å². The van der Waals surface area contributed by atoms with Crippen molar-refractivity contribution < 1.29 is 5.11 Å². The molecule has 0 spiro atoms. The first-order valence-corrected chi connectivity index (χ1v) is 5.15. The van der Waals surface area contributed by atoms with Crippen LogP contribution in [0.2, 0.25) is 0 Å². The highest BCUT2D eigenvalue weighted by Crippen LogP contribution is 2.21. The lowest BCUT2D eigenvalue weighted by Crippen LogP contribution is -2.29. The van der Waals surface area contributed by atoms with Gasteiger partial charge in [-0.15, -0.1) is 0 Å². The quantitative estimate of drug-likeness (QED) is 0.718. The molecule has 0 aliphatic carbocycles. The summed E-state index contributed by atoms with van der Waals surface area (Å²) < 4.78 is 0. The molecule has 2 heterocycles. The molecule has 0 bridgehead atoms. The number of aromatic nitrogens is 2. The molecule has 1 fully saturated rings. The van der Waals surface area contributed by atoms with Gasteiger partial charge in [-0.05, 0) is 13.3 Å². The fourth-order valence-electron chi connectivity index (χ4n) is 1.94. The van der Waals surface area contributed by atoms with E-state index < -0.39 is 0 Å². The van der Waals surface area contributed by atoms with Gasteiger partial charge in [0.2, 0.25) is 0 Å². The predicted octanol–water partition coefficient (Wildman–Crippen LogP) is -0.0230. The van der Waals surface area contributed by atoms with Gasteiger partial charge in [0.25, 0.3) is 5.56 Å². The average molecular weight is 209 g/mol. The van der Waals surface area contributed by atoms with Gasteiger partial charge in [0.15, 0.2) is 5.82 Å². The van der Waals surface area contributed by atoms with Crippen molar-refractivity contribution in [3.63, 3.8) is 0 Å². The number of aliphatic hydroxyl groups is 1. The molecule has 2 N–H and O–H groups in total. The Kier molecular flexibility index (Phi) is 2.73. The van der Waals surface area contributed by atoms with Gasteiger partial charge in [-0.25, -0.2) is 4.98 Å². The van der Waals surface area contributed by atoms with Crippen molar-refractivity contribution in [1.82, 2.24) is 9.97 Å². The van der Waals surface area contributed by atoms with E-state index >= 15 is 0 Å². The molecule has 0 radical (unpaired) electrons. The fourth-order valence-corrected chi connectivity index (χ4v) is 1.94. The molecular weight excluding hydrogens is 194 g/mol. The predicted molar refractivity (Wildman–Crippen MR) is 56.9 cm³/mol. The number of hydrogen-bond acceptors (Lipinski definition) is 4. The molecular formula is C10H15N3O2. The monoisotopic (exact) mass is 209 g/mol. The number of rotatable bonds is 2. The minimum Gasteiger partial charge on any atom is -0.393 e. The smallest absolute Gasteiger partial charge is 0.290 e. The lowest BCUT2D eigenvalue weighted by Gasteiger charge is -2.17. The van der Waals surface area contributed by atoms with E-state index in [2.05, 4.69) is 9.97 Å². The largest absolute Gasteiger partial charge is 0.393 e. The van der Waals surface area contributed by atoms with Crippen molar-refractivity contribution in [3.05, 3.63) is 22.7 Å². The summed E-state index contributed by atoms with van der Waals surface area (Å²) in [4.78, 5) is 20.0. The van der Waals surface area contributed by atoms with Crippen LogP contribution in [0, 0.1) is 5.92 Å². The number of H-pyrrole nitrogens is 1. The Balaban J connectivity index is 2.15. The standard InChI is InChI=1S/C10H15N3O2/c1-7(14)8-2-5-13(6-8)9-10(15)12-4-3-11-9/h3-4,7-8,14H,2,5-6H2,1H3,(H,12,15). The lowest BCUT2D eigenvalue weighted by molar-refractivity contribution is 0.136. The van der Waals surface area contributed by atoms with Crippen molar-refractivity contribution in [1.29, 1.82) is 0 Å². The third-order valence-electron chi connectivity index (χ3n) is 2.90. The molecule has 0 amide bonds. The zero-order chi connectivity index (χ0) is 10.8. The normalized spacial score (nSPS) is 23.1. The van der Waals surface area contributed by atoms with Crippen LogP contribution in [0.3, 0.4) is 0 Å². The second-order valence-electron chi connectivity index (χ2n) is 3.98. The van der Waals surface area contributed by atoms with Crippen LogP contribution in [0.15, 0.2) is 17.2 Å². The van der Waals surface area contributed by atoms with E-state index in [1.165, 1.54) is 6.20 Å². The number of nitrogens with one attached hydrogen (secondary N) is 1. The van der Waals surface area contributed by atoms with Crippen LogP contribution in [0.1, 0.15) is 13.3 Å². The van der Waals surface area contributed by atoms with Gasteiger partial charge < -0.3 is 15.0 Å². The van der Waals surface area contributed by atoms with E-state index in [9.17, 15) is 9.90 Å². The summed E-state index contributed by atoms with van der Waals surface area (Å²) >= 11 is 0. The third kappa shape index (κ3) is 2.02. The SMILES string of the molecule is CC(O)C1CCN(c2ncc[nH]c2=O)C1. The first-order valence-electron chi connectivity index (χ1n) is 5.15. The van der Waals surface area contributed by atoms with Crippen molar-refractivity contribution in [2.75, 3.05) is 18.0 Å². The minimum atomic E-state index is -0.321. The Bertz CT molecular complexity index is 388. The molecule has 2 rings (SSSR count). The molecule has 2 unspecified atom stereocenters. The molecule has 0 aromatic carbocycles. The van der Waals surface area contributed by atoms with Crippen LogP contribution in [0.5, 0.6) is 0 Å². The fraction of sp³-hybridized carbons (Fsp3) is 0.600. The van der Waals surface area contributed by atoms with Crippen LogP contribution in [0.4, 0.5) is 5.82 Å². The van der Waals surface area contributed by atoms with Gasteiger partial charge in [-0.3, -0.25) is 4.79 Å². The van der Waals surface area contributed by atoms with Crippen molar-refractivity contribution >= 4 is 5.82 Å². The van der Waals surface area contributed by atoms with E-state index in [0.717, 1.165) is 13.0 Å². The van der Waals surface area contributed by atoms with Gasteiger partial charge in [0, 0.05) is 31.4 Å². The number of aromatic amines is 1.